The van der Waals surface area contributed by atoms with Crippen LogP contribution in [0.2, 0.25) is 0 Å². The van der Waals surface area contributed by atoms with Gasteiger partial charge < -0.3 is 14.8 Å². The number of amides is 1. The lowest BCUT2D eigenvalue weighted by Gasteiger charge is -2.10. The maximum absolute atomic E-state index is 11.7. The van der Waals surface area contributed by atoms with Crippen molar-refractivity contribution in [2.45, 2.75) is 26.4 Å². The Morgan fingerprint density at radius 2 is 2.32 bits per heavy atom. The highest BCUT2D eigenvalue weighted by Crippen LogP contribution is 2.23. The molecule has 0 aliphatic carbocycles. The van der Waals surface area contributed by atoms with Crippen molar-refractivity contribution < 1.29 is 14.3 Å². The van der Waals surface area contributed by atoms with E-state index in [-0.39, 0.29) is 5.91 Å². The van der Waals surface area contributed by atoms with Crippen LogP contribution >= 0.6 is 11.3 Å². The SMILES string of the molecule is Cc1cc(C(O)CCNC(=O)c2ccsc2)c(C)o1. The van der Waals surface area contributed by atoms with Crippen molar-refractivity contribution in [1.82, 2.24) is 5.32 Å². The van der Waals surface area contributed by atoms with E-state index in [0.717, 1.165) is 17.1 Å². The topological polar surface area (TPSA) is 62.5 Å². The van der Waals surface area contributed by atoms with Crippen molar-refractivity contribution in [3.05, 3.63) is 45.5 Å². The molecule has 5 heteroatoms. The van der Waals surface area contributed by atoms with Crippen LogP contribution in [-0.2, 0) is 0 Å². The molecule has 2 aromatic rings. The standard InChI is InChI=1S/C14H17NO3S/c1-9-7-12(10(2)18-9)13(16)3-5-15-14(17)11-4-6-19-8-11/h4,6-8,13,16H,3,5H2,1-2H3,(H,15,17). The van der Waals surface area contributed by atoms with E-state index in [1.807, 2.05) is 25.3 Å². The van der Waals surface area contributed by atoms with Gasteiger partial charge in [-0.3, -0.25) is 4.79 Å². The minimum atomic E-state index is -0.611. The molecule has 1 amide bonds. The summed E-state index contributed by atoms with van der Waals surface area (Å²) in [5.74, 6) is 1.41. The third-order valence-electron chi connectivity index (χ3n) is 2.93. The van der Waals surface area contributed by atoms with Gasteiger partial charge in [-0.25, -0.2) is 0 Å². The zero-order valence-electron chi connectivity index (χ0n) is 11.0. The van der Waals surface area contributed by atoms with Crippen LogP contribution in [0, 0.1) is 13.8 Å². The predicted octanol–water partition coefficient (Wildman–Crippen LogP) is 2.81. The summed E-state index contributed by atoms with van der Waals surface area (Å²) >= 11 is 1.49. The summed E-state index contributed by atoms with van der Waals surface area (Å²) in [5.41, 5.74) is 1.46. The van der Waals surface area contributed by atoms with Crippen LogP contribution in [0.4, 0.5) is 0 Å². The summed E-state index contributed by atoms with van der Waals surface area (Å²) in [6.45, 7) is 4.11. The van der Waals surface area contributed by atoms with E-state index in [1.165, 1.54) is 11.3 Å². The maximum atomic E-state index is 11.7. The summed E-state index contributed by atoms with van der Waals surface area (Å²) < 4.78 is 5.38. The van der Waals surface area contributed by atoms with Gasteiger partial charge in [-0.15, -0.1) is 0 Å². The molecule has 19 heavy (non-hydrogen) atoms. The average Bonchev–Trinajstić information content (AvgIpc) is 2.98. The number of rotatable bonds is 5. The van der Waals surface area contributed by atoms with E-state index in [2.05, 4.69) is 5.32 Å². The van der Waals surface area contributed by atoms with Crippen LogP contribution in [-0.4, -0.2) is 17.6 Å². The normalized spacial score (nSPS) is 12.4. The molecule has 0 aromatic carbocycles. The van der Waals surface area contributed by atoms with Crippen LogP contribution in [0.25, 0.3) is 0 Å². The highest BCUT2D eigenvalue weighted by molar-refractivity contribution is 7.08. The summed E-state index contributed by atoms with van der Waals surface area (Å²) in [6, 6.07) is 3.61. The third kappa shape index (κ3) is 3.45. The van der Waals surface area contributed by atoms with Crippen LogP contribution in [0.15, 0.2) is 27.3 Å². The largest absolute Gasteiger partial charge is 0.466 e. The van der Waals surface area contributed by atoms with Gasteiger partial charge in [0.05, 0.1) is 6.10 Å². The Morgan fingerprint density at radius 3 is 2.89 bits per heavy atom. The van der Waals surface area contributed by atoms with Crippen molar-refractivity contribution in [2.24, 2.45) is 0 Å². The zero-order chi connectivity index (χ0) is 13.8. The summed E-state index contributed by atoms with van der Waals surface area (Å²) in [5, 5.41) is 16.5. The van der Waals surface area contributed by atoms with Crippen LogP contribution in [0.3, 0.4) is 0 Å². The fourth-order valence-corrected chi connectivity index (χ4v) is 2.59. The van der Waals surface area contributed by atoms with Gasteiger partial charge in [0.15, 0.2) is 0 Å². The lowest BCUT2D eigenvalue weighted by molar-refractivity contribution is 0.0943. The molecule has 102 valence electrons. The number of furan rings is 1. The molecule has 2 rings (SSSR count). The molecule has 0 fully saturated rings. The molecule has 1 unspecified atom stereocenters. The Labute approximate surface area is 116 Å². The lowest BCUT2D eigenvalue weighted by atomic mass is 10.1. The van der Waals surface area contributed by atoms with Crippen LogP contribution in [0.1, 0.15) is 40.0 Å². The molecule has 1 atom stereocenters. The average molecular weight is 279 g/mol. The molecule has 0 aliphatic rings. The monoisotopic (exact) mass is 279 g/mol. The first-order chi connectivity index (χ1) is 9.08. The summed E-state index contributed by atoms with van der Waals surface area (Å²) in [4.78, 5) is 11.7. The Kier molecular flexibility index (Phi) is 4.39. The molecule has 2 N–H and O–H groups in total. The van der Waals surface area contributed by atoms with Crippen molar-refractivity contribution in [3.63, 3.8) is 0 Å². The minimum Gasteiger partial charge on any atom is -0.466 e. The second kappa shape index (κ2) is 6.04. The molecule has 0 spiro atoms. The Hall–Kier alpha value is -1.59. The van der Waals surface area contributed by atoms with Crippen LogP contribution in [0.5, 0.6) is 0 Å². The molecule has 2 heterocycles. The van der Waals surface area contributed by atoms with Crippen molar-refractivity contribution >= 4 is 17.2 Å². The molecule has 0 bridgehead atoms. The first-order valence-corrected chi connectivity index (χ1v) is 7.07. The Balaban J connectivity index is 1.83. The van der Waals surface area contributed by atoms with Gasteiger partial charge in [0.25, 0.3) is 5.91 Å². The number of hydrogen-bond donors (Lipinski definition) is 2. The van der Waals surface area contributed by atoms with Crippen molar-refractivity contribution in [1.29, 1.82) is 0 Å². The fraction of sp³-hybridized carbons (Fsp3) is 0.357. The number of aliphatic hydroxyl groups is 1. The van der Waals surface area contributed by atoms with Crippen molar-refractivity contribution in [3.8, 4) is 0 Å². The van der Waals surface area contributed by atoms with Gasteiger partial charge >= 0.3 is 0 Å². The summed E-state index contributed by atoms with van der Waals surface area (Å²) in [6.07, 6.45) is -0.143. The van der Waals surface area contributed by atoms with Gasteiger partial charge in [-0.05, 0) is 37.8 Å². The molecule has 2 aromatic heterocycles. The number of carbonyl (C=O) groups is 1. The summed E-state index contributed by atoms with van der Waals surface area (Å²) in [7, 11) is 0. The maximum Gasteiger partial charge on any atom is 0.252 e. The van der Waals surface area contributed by atoms with E-state index in [9.17, 15) is 9.90 Å². The molecule has 4 nitrogen and oxygen atoms in total. The molecule has 0 saturated heterocycles. The van der Waals surface area contributed by atoms with E-state index in [0.29, 0.717) is 18.5 Å². The number of nitrogens with one attached hydrogen (secondary N) is 1. The Morgan fingerprint density at radius 1 is 1.53 bits per heavy atom. The zero-order valence-corrected chi connectivity index (χ0v) is 11.8. The first kappa shape index (κ1) is 13.8. The fourth-order valence-electron chi connectivity index (χ4n) is 1.95. The molecule has 0 aliphatic heterocycles. The quantitative estimate of drug-likeness (QED) is 0.884. The highest BCUT2D eigenvalue weighted by atomic mass is 32.1. The third-order valence-corrected chi connectivity index (χ3v) is 3.61. The smallest absolute Gasteiger partial charge is 0.252 e. The van der Waals surface area contributed by atoms with Gasteiger partial charge in [-0.2, -0.15) is 11.3 Å². The van der Waals surface area contributed by atoms with Gasteiger partial charge in [0.1, 0.15) is 11.5 Å². The second-order valence-electron chi connectivity index (χ2n) is 4.44. The van der Waals surface area contributed by atoms with Gasteiger partial charge in [0, 0.05) is 23.1 Å². The predicted molar refractivity (Wildman–Crippen MR) is 74.4 cm³/mol. The molecule has 0 saturated carbocycles. The number of aliphatic hydroxyl groups excluding tert-OH is 1. The van der Waals surface area contributed by atoms with Crippen LogP contribution < -0.4 is 5.32 Å². The first-order valence-electron chi connectivity index (χ1n) is 6.13. The number of carbonyl (C=O) groups excluding carboxylic acids is 1. The van der Waals surface area contributed by atoms with Crippen molar-refractivity contribution in [2.75, 3.05) is 6.54 Å². The van der Waals surface area contributed by atoms with E-state index < -0.39 is 6.10 Å². The van der Waals surface area contributed by atoms with E-state index >= 15 is 0 Å². The number of thiophene rings is 1. The molecular formula is C14H17NO3S. The lowest BCUT2D eigenvalue weighted by Crippen LogP contribution is -2.25. The van der Waals surface area contributed by atoms with Gasteiger partial charge in [-0.1, -0.05) is 0 Å². The molecular weight excluding hydrogens is 262 g/mol. The van der Waals surface area contributed by atoms with E-state index in [4.69, 9.17) is 4.42 Å². The molecule has 0 radical (unpaired) electrons. The highest BCUT2D eigenvalue weighted by Gasteiger charge is 2.14. The minimum absolute atomic E-state index is 0.103. The number of hydrogen-bond acceptors (Lipinski definition) is 4. The Bertz CT molecular complexity index is 545. The second-order valence-corrected chi connectivity index (χ2v) is 5.22. The van der Waals surface area contributed by atoms with E-state index in [1.54, 1.807) is 11.4 Å². The number of aryl methyl sites for hydroxylation is 2. The van der Waals surface area contributed by atoms with Gasteiger partial charge in [0.2, 0.25) is 0 Å².